The first kappa shape index (κ1) is 13.6. The number of benzene rings is 1. The molecular formula is C17H21NO. The topological polar surface area (TPSA) is 22.1 Å². The van der Waals surface area contributed by atoms with Gasteiger partial charge in [-0.05, 0) is 63.9 Å². The van der Waals surface area contributed by atoms with Crippen molar-refractivity contribution >= 4 is 0 Å². The third-order valence-electron chi connectivity index (χ3n) is 2.92. The number of ether oxygens (including phenoxy) is 1. The first-order chi connectivity index (χ1) is 8.87. The lowest BCUT2D eigenvalue weighted by atomic mass is 9.99. The summed E-state index contributed by atoms with van der Waals surface area (Å²) in [6.07, 6.45) is 1.82. The molecule has 0 saturated carbocycles. The summed E-state index contributed by atoms with van der Waals surface area (Å²) in [5.74, 6) is 0.912. The number of aromatic nitrogens is 1. The Bertz CT molecular complexity index is 582. The predicted octanol–water partition coefficient (Wildman–Crippen LogP) is 4.54. The van der Waals surface area contributed by atoms with Gasteiger partial charge in [0.05, 0.1) is 0 Å². The van der Waals surface area contributed by atoms with E-state index in [4.69, 9.17) is 4.74 Å². The fraction of sp³-hybridized carbons (Fsp3) is 0.353. The molecule has 2 rings (SSSR count). The Morgan fingerprint density at radius 3 is 2.32 bits per heavy atom. The molecular weight excluding hydrogens is 234 g/mol. The van der Waals surface area contributed by atoms with Gasteiger partial charge in [-0.15, -0.1) is 0 Å². The van der Waals surface area contributed by atoms with Gasteiger partial charge < -0.3 is 4.74 Å². The molecule has 0 N–H and O–H groups in total. The highest BCUT2D eigenvalue weighted by molar-refractivity contribution is 5.69. The van der Waals surface area contributed by atoms with Gasteiger partial charge in [0.15, 0.2) is 0 Å². The van der Waals surface area contributed by atoms with Gasteiger partial charge in [-0.3, -0.25) is 4.98 Å². The molecule has 0 saturated heterocycles. The van der Waals surface area contributed by atoms with Crippen molar-refractivity contribution in [1.29, 1.82) is 0 Å². The van der Waals surface area contributed by atoms with E-state index in [0.717, 1.165) is 11.4 Å². The van der Waals surface area contributed by atoms with E-state index in [1.54, 1.807) is 0 Å². The standard InChI is InChI=1S/C17H21NO/c1-12-11-14(19-17(3,4)5)8-9-15(12)16-7-6-10-18-13(16)2/h6-11H,1-5H3. The summed E-state index contributed by atoms with van der Waals surface area (Å²) in [4.78, 5) is 4.35. The monoisotopic (exact) mass is 255 g/mol. The molecule has 1 heterocycles. The van der Waals surface area contributed by atoms with E-state index >= 15 is 0 Å². The highest BCUT2D eigenvalue weighted by atomic mass is 16.5. The largest absolute Gasteiger partial charge is 0.488 e. The van der Waals surface area contributed by atoms with E-state index in [1.165, 1.54) is 16.7 Å². The van der Waals surface area contributed by atoms with Crippen LogP contribution in [-0.4, -0.2) is 10.6 Å². The van der Waals surface area contributed by atoms with Gasteiger partial charge in [0, 0.05) is 17.5 Å². The molecule has 0 bridgehead atoms. The average molecular weight is 255 g/mol. The zero-order valence-corrected chi connectivity index (χ0v) is 12.3. The molecule has 0 amide bonds. The second-order valence-corrected chi connectivity index (χ2v) is 5.83. The van der Waals surface area contributed by atoms with Crippen molar-refractivity contribution in [2.75, 3.05) is 0 Å². The van der Waals surface area contributed by atoms with Crippen LogP contribution in [0, 0.1) is 13.8 Å². The highest BCUT2D eigenvalue weighted by Gasteiger charge is 2.13. The van der Waals surface area contributed by atoms with Crippen molar-refractivity contribution < 1.29 is 4.74 Å². The van der Waals surface area contributed by atoms with Gasteiger partial charge >= 0.3 is 0 Å². The molecule has 2 heteroatoms. The molecule has 100 valence electrons. The van der Waals surface area contributed by atoms with Crippen LogP contribution in [0.2, 0.25) is 0 Å². The van der Waals surface area contributed by atoms with Gasteiger partial charge in [-0.2, -0.15) is 0 Å². The molecule has 0 radical (unpaired) electrons. The van der Waals surface area contributed by atoms with Crippen LogP contribution in [0.25, 0.3) is 11.1 Å². The van der Waals surface area contributed by atoms with E-state index in [9.17, 15) is 0 Å². The maximum absolute atomic E-state index is 5.89. The van der Waals surface area contributed by atoms with Crippen LogP contribution in [-0.2, 0) is 0 Å². The lowest BCUT2D eigenvalue weighted by molar-refractivity contribution is 0.131. The Kier molecular flexibility index (Phi) is 3.61. The highest BCUT2D eigenvalue weighted by Crippen LogP contribution is 2.29. The lowest BCUT2D eigenvalue weighted by Gasteiger charge is -2.22. The van der Waals surface area contributed by atoms with Crippen LogP contribution in [0.3, 0.4) is 0 Å². The van der Waals surface area contributed by atoms with Crippen molar-refractivity contribution in [3.63, 3.8) is 0 Å². The number of pyridine rings is 1. The van der Waals surface area contributed by atoms with Crippen LogP contribution in [0.5, 0.6) is 5.75 Å². The molecule has 1 aromatic carbocycles. The fourth-order valence-corrected chi connectivity index (χ4v) is 2.12. The zero-order valence-electron chi connectivity index (χ0n) is 12.3. The minimum Gasteiger partial charge on any atom is -0.488 e. The van der Waals surface area contributed by atoms with Gasteiger partial charge in [-0.25, -0.2) is 0 Å². The number of aryl methyl sites for hydroxylation is 2. The second kappa shape index (κ2) is 5.04. The van der Waals surface area contributed by atoms with Gasteiger partial charge in [0.1, 0.15) is 11.4 Å². The fourth-order valence-electron chi connectivity index (χ4n) is 2.12. The zero-order chi connectivity index (χ0) is 14.0. The van der Waals surface area contributed by atoms with Crippen LogP contribution < -0.4 is 4.74 Å². The van der Waals surface area contributed by atoms with Crippen molar-refractivity contribution in [1.82, 2.24) is 4.98 Å². The van der Waals surface area contributed by atoms with Crippen LogP contribution in [0.4, 0.5) is 0 Å². The smallest absolute Gasteiger partial charge is 0.120 e. The Labute approximate surface area is 115 Å². The summed E-state index contributed by atoms with van der Waals surface area (Å²) in [7, 11) is 0. The van der Waals surface area contributed by atoms with E-state index in [1.807, 2.05) is 25.3 Å². The minimum absolute atomic E-state index is 0.168. The summed E-state index contributed by atoms with van der Waals surface area (Å²) in [5.41, 5.74) is 4.49. The van der Waals surface area contributed by atoms with Crippen molar-refractivity contribution in [2.24, 2.45) is 0 Å². The number of nitrogens with zero attached hydrogens (tertiary/aromatic N) is 1. The maximum atomic E-state index is 5.89. The van der Waals surface area contributed by atoms with Gasteiger partial charge in [0.25, 0.3) is 0 Å². The first-order valence-corrected chi connectivity index (χ1v) is 6.58. The van der Waals surface area contributed by atoms with Crippen LogP contribution in [0.15, 0.2) is 36.5 Å². The first-order valence-electron chi connectivity index (χ1n) is 6.58. The van der Waals surface area contributed by atoms with Gasteiger partial charge in [-0.1, -0.05) is 12.1 Å². The maximum Gasteiger partial charge on any atom is 0.120 e. The molecule has 0 fully saturated rings. The molecule has 0 unspecified atom stereocenters. The molecule has 0 aliphatic rings. The number of rotatable bonds is 2. The molecule has 1 aromatic heterocycles. The molecule has 0 aliphatic carbocycles. The molecule has 0 aliphatic heterocycles. The summed E-state index contributed by atoms with van der Waals surface area (Å²) >= 11 is 0. The quantitative estimate of drug-likeness (QED) is 0.785. The number of hydrogen-bond donors (Lipinski definition) is 0. The summed E-state index contributed by atoms with van der Waals surface area (Å²) in [6, 6.07) is 10.3. The minimum atomic E-state index is -0.168. The third-order valence-corrected chi connectivity index (χ3v) is 2.92. The Morgan fingerprint density at radius 2 is 1.74 bits per heavy atom. The Morgan fingerprint density at radius 1 is 1.00 bits per heavy atom. The van der Waals surface area contributed by atoms with E-state index in [2.05, 4.69) is 50.9 Å². The average Bonchev–Trinajstić information content (AvgIpc) is 2.28. The summed E-state index contributed by atoms with van der Waals surface area (Å²) in [6.45, 7) is 10.3. The molecule has 0 atom stereocenters. The van der Waals surface area contributed by atoms with Gasteiger partial charge in [0.2, 0.25) is 0 Å². The van der Waals surface area contributed by atoms with Crippen molar-refractivity contribution in [3.05, 3.63) is 47.8 Å². The molecule has 19 heavy (non-hydrogen) atoms. The van der Waals surface area contributed by atoms with E-state index in [0.29, 0.717) is 0 Å². The lowest BCUT2D eigenvalue weighted by Crippen LogP contribution is -2.22. The predicted molar refractivity (Wildman–Crippen MR) is 79.5 cm³/mol. The summed E-state index contributed by atoms with van der Waals surface area (Å²) in [5, 5.41) is 0. The Balaban J connectivity index is 2.38. The SMILES string of the molecule is Cc1cc(OC(C)(C)C)ccc1-c1cccnc1C. The van der Waals surface area contributed by atoms with E-state index in [-0.39, 0.29) is 5.60 Å². The molecule has 2 nitrogen and oxygen atoms in total. The van der Waals surface area contributed by atoms with Crippen molar-refractivity contribution in [2.45, 2.75) is 40.2 Å². The summed E-state index contributed by atoms with van der Waals surface area (Å²) < 4.78 is 5.89. The van der Waals surface area contributed by atoms with Crippen molar-refractivity contribution in [3.8, 4) is 16.9 Å². The Hall–Kier alpha value is -1.83. The third kappa shape index (κ3) is 3.34. The van der Waals surface area contributed by atoms with E-state index < -0.39 is 0 Å². The second-order valence-electron chi connectivity index (χ2n) is 5.83. The molecule has 2 aromatic rings. The van der Waals surface area contributed by atoms with Crippen LogP contribution in [0.1, 0.15) is 32.0 Å². The normalized spacial score (nSPS) is 11.4. The number of hydrogen-bond acceptors (Lipinski definition) is 2. The molecule has 0 spiro atoms. The van der Waals surface area contributed by atoms with Crippen LogP contribution >= 0.6 is 0 Å².